The van der Waals surface area contributed by atoms with Crippen molar-refractivity contribution in [3.05, 3.63) is 123 Å². The number of aliphatic hydroxyl groups is 1. The van der Waals surface area contributed by atoms with Crippen LogP contribution in [0, 0.1) is 6.92 Å². The summed E-state index contributed by atoms with van der Waals surface area (Å²) in [6.45, 7) is 7.89. The average Bonchev–Trinajstić information content (AvgIpc) is 3.79. The fraction of sp³-hybridized carbons (Fsp3) is 0.342. The number of tetrazole rings is 1. The Balaban J connectivity index is 1.29. The Bertz CT molecular complexity index is 1990. The van der Waals surface area contributed by atoms with Crippen LogP contribution in [-0.2, 0) is 39.1 Å². The molecule has 0 radical (unpaired) electrons. The van der Waals surface area contributed by atoms with Crippen LogP contribution in [0.1, 0.15) is 79.3 Å². The van der Waals surface area contributed by atoms with Gasteiger partial charge >= 0.3 is 0 Å². The van der Waals surface area contributed by atoms with Crippen molar-refractivity contribution in [3.8, 4) is 22.5 Å². The second kappa shape index (κ2) is 15.9. The molecule has 0 bridgehead atoms. The van der Waals surface area contributed by atoms with Crippen molar-refractivity contribution in [1.29, 1.82) is 0 Å². The summed E-state index contributed by atoms with van der Waals surface area (Å²) in [5.41, 5.74) is 7.98. The summed E-state index contributed by atoms with van der Waals surface area (Å²) in [6, 6.07) is 25.2. The number of rotatable bonds is 15. The van der Waals surface area contributed by atoms with Gasteiger partial charge in [-0.05, 0) is 52.4 Å². The number of aryl methyl sites for hydroxylation is 3. The lowest BCUT2D eigenvalue weighted by molar-refractivity contribution is 0.271. The molecular weight excluding hydrogens is 655 g/mol. The molecule has 49 heavy (non-hydrogen) atoms. The Morgan fingerprint density at radius 1 is 0.673 bits per heavy atom. The summed E-state index contributed by atoms with van der Waals surface area (Å²) in [5, 5.41) is 23.9. The zero-order valence-corrected chi connectivity index (χ0v) is 29.8. The Labute approximate surface area is 297 Å². The molecule has 254 valence electrons. The highest BCUT2D eigenvalue weighted by Gasteiger charge is 2.21. The van der Waals surface area contributed by atoms with E-state index in [0.29, 0.717) is 41.5 Å². The maximum absolute atomic E-state index is 10.0. The van der Waals surface area contributed by atoms with Gasteiger partial charge in [0.15, 0.2) is 16.1 Å². The molecule has 0 aliphatic heterocycles. The molecule has 6 rings (SSSR count). The van der Waals surface area contributed by atoms with Crippen LogP contribution >= 0.6 is 23.2 Å². The molecule has 0 spiro atoms. The maximum atomic E-state index is 10.0. The van der Waals surface area contributed by atoms with Gasteiger partial charge in [0.1, 0.15) is 11.6 Å². The standard InChI is InChI=1S/C38H42Cl2N8O/c1-4-6-12-34-41-36(39)32(46(34)22-27-16-14-26(3)15-17-27)24-48-38(43-44-45-48)31-11-9-8-10-30(31)29-20-18-28(19-21-29)23-47-33(25-49)37(40)42-35(47)13-7-5-2/h8-11,14-21,49H,4-7,12-13,22-25H2,1-3H3. The highest BCUT2D eigenvalue weighted by Crippen LogP contribution is 2.32. The highest BCUT2D eigenvalue weighted by molar-refractivity contribution is 6.30. The fourth-order valence-corrected chi connectivity index (χ4v) is 6.68. The van der Waals surface area contributed by atoms with Crippen LogP contribution in [0.3, 0.4) is 0 Å². The molecule has 0 unspecified atom stereocenters. The van der Waals surface area contributed by atoms with Gasteiger partial charge in [0, 0.05) is 31.5 Å². The lowest BCUT2D eigenvalue weighted by Gasteiger charge is -2.15. The van der Waals surface area contributed by atoms with E-state index in [0.717, 1.165) is 78.1 Å². The minimum Gasteiger partial charge on any atom is -0.390 e. The largest absolute Gasteiger partial charge is 0.390 e. The molecule has 3 aromatic carbocycles. The van der Waals surface area contributed by atoms with E-state index in [9.17, 15) is 5.11 Å². The van der Waals surface area contributed by atoms with Gasteiger partial charge in [-0.1, -0.05) is 128 Å². The highest BCUT2D eigenvalue weighted by atomic mass is 35.5. The summed E-state index contributed by atoms with van der Waals surface area (Å²) in [5.74, 6) is 2.52. The molecule has 0 amide bonds. The topological polar surface area (TPSA) is 99.5 Å². The normalized spacial score (nSPS) is 11.5. The molecule has 0 saturated carbocycles. The summed E-state index contributed by atoms with van der Waals surface area (Å²) in [6.07, 6.45) is 5.82. The van der Waals surface area contributed by atoms with Crippen LogP contribution in [0.15, 0.2) is 72.8 Å². The van der Waals surface area contributed by atoms with E-state index in [4.69, 9.17) is 28.2 Å². The van der Waals surface area contributed by atoms with E-state index in [-0.39, 0.29) is 6.61 Å². The van der Waals surface area contributed by atoms with Gasteiger partial charge in [-0.2, -0.15) is 0 Å². The smallest absolute Gasteiger partial charge is 0.183 e. The summed E-state index contributed by atoms with van der Waals surface area (Å²) in [4.78, 5) is 9.34. The Morgan fingerprint density at radius 2 is 1.22 bits per heavy atom. The van der Waals surface area contributed by atoms with Crippen molar-refractivity contribution in [2.24, 2.45) is 0 Å². The lowest BCUT2D eigenvalue weighted by Crippen LogP contribution is -2.14. The molecule has 0 aliphatic rings. The number of unbranched alkanes of at least 4 members (excludes halogenated alkanes) is 2. The van der Waals surface area contributed by atoms with E-state index in [1.54, 1.807) is 0 Å². The predicted molar refractivity (Wildman–Crippen MR) is 195 cm³/mol. The van der Waals surface area contributed by atoms with E-state index < -0.39 is 0 Å². The van der Waals surface area contributed by atoms with Crippen LogP contribution < -0.4 is 0 Å². The van der Waals surface area contributed by atoms with Crippen molar-refractivity contribution in [2.75, 3.05) is 0 Å². The van der Waals surface area contributed by atoms with E-state index in [1.807, 2.05) is 27.4 Å². The Kier molecular flexibility index (Phi) is 11.2. The maximum Gasteiger partial charge on any atom is 0.183 e. The third-order valence-electron chi connectivity index (χ3n) is 8.93. The Hall–Kier alpha value is -4.31. The molecule has 6 aromatic rings. The monoisotopic (exact) mass is 696 g/mol. The first kappa shape index (κ1) is 34.5. The third kappa shape index (κ3) is 7.80. The number of hydrogen-bond acceptors (Lipinski definition) is 6. The first-order chi connectivity index (χ1) is 23.9. The van der Waals surface area contributed by atoms with Crippen molar-refractivity contribution in [1.82, 2.24) is 39.3 Å². The van der Waals surface area contributed by atoms with Gasteiger partial charge in [0.05, 0.1) is 24.5 Å². The van der Waals surface area contributed by atoms with Crippen LogP contribution in [-0.4, -0.2) is 44.4 Å². The van der Waals surface area contributed by atoms with E-state index in [2.05, 4.69) is 100 Å². The molecule has 0 atom stereocenters. The number of hydrogen-bond donors (Lipinski definition) is 1. The number of aromatic nitrogens is 8. The SMILES string of the molecule is CCCCc1nc(Cl)c(CO)n1Cc1ccc(-c2ccccc2-c2nnnn2Cc2c(Cl)nc(CCCC)n2Cc2ccc(C)cc2)cc1. The molecule has 3 aromatic heterocycles. The van der Waals surface area contributed by atoms with Gasteiger partial charge in [-0.25, -0.2) is 14.6 Å². The predicted octanol–water partition coefficient (Wildman–Crippen LogP) is 8.34. The van der Waals surface area contributed by atoms with E-state index >= 15 is 0 Å². The van der Waals surface area contributed by atoms with Crippen molar-refractivity contribution in [3.63, 3.8) is 0 Å². The molecular formula is C38H42Cl2N8O. The van der Waals surface area contributed by atoms with Gasteiger partial charge in [0.2, 0.25) is 0 Å². The first-order valence-corrected chi connectivity index (χ1v) is 17.7. The molecule has 0 fully saturated rings. The molecule has 9 nitrogen and oxygen atoms in total. The lowest BCUT2D eigenvalue weighted by atomic mass is 9.98. The second-order valence-corrected chi connectivity index (χ2v) is 13.2. The van der Waals surface area contributed by atoms with Crippen molar-refractivity contribution >= 4 is 23.2 Å². The van der Waals surface area contributed by atoms with Crippen molar-refractivity contribution < 1.29 is 5.11 Å². The van der Waals surface area contributed by atoms with Crippen LogP contribution in [0.4, 0.5) is 0 Å². The molecule has 0 saturated heterocycles. The van der Waals surface area contributed by atoms with Gasteiger partial charge in [0.25, 0.3) is 0 Å². The van der Waals surface area contributed by atoms with Gasteiger partial charge in [-0.3, -0.25) is 0 Å². The number of imidazole rings is 2. The summed E-state index contributed by atoms with van der Waals surface area (Å²) < 4.78 is 6.07. The van der Waals surface area contributed by atoms with E-state index in [1.165, 1.54) is 11.1 Å². The number of nitrogens with zero attached hydrogens (tertiary/aromatic N) is 8. The Morgan fingerprint density at radius 3 is 1.82 bits per heavy atom. The zero-order chi connectivity index (χ0) is 34.3. The van der Waals surface area contributed by atoms with Crippen LogP contribution in [0.25, 0.3) is 22.5 Å². The third-order valence-corrected chi connectivity index (χ3v) is 9.53. The minimum atomic E-state index is -0.157. The average molecular weight is 698 g/mol. The molecule has 0 aliphatic carbocycles. The molecule has 3 heterocycles. The van der Waals surface area contributed by atoms with Crippen molar-refractivity contribution in [2.45, 2.75) is 85.5 Å². The number of benzene rings is 3. The van der Waals surface area contributed by atoms with Crippen LogP contribution in [0.2, 0.25) is 10.3 Å². The van der Waals surface area contributed by atoms with Gasteiger partial charge in [-0.15, -0.1) is 5.10 Å². The number of halogens is 2. The summed E-state index contributed by atoms with van der Waals surface area (Å²) in [7, 11) is 0. The van der Waals surface area contributed by atoms with Crippen LogP contribution in [0.5, 0.6) is 0 Å². The quantitative estimate of drug-likeness (QED) is 0.116. The molecule has 1 N–H and O–H groups in total. The number of aliphatic hydroxyl groups excluding tert-OH is 1. The summed E-state index contributed by atoms with van der Waals surface area (Å²) >= 11 is 13.2. The fourth-order valence-electron chi connectivity index (χ4n) is 6.16. The second-order valence-electron chi connectivity index (χ2n) is 12.5. The first-order valence-electron chi connectivity index (χ1n) is 17.0. The molecule has 11 heteroatoms. The van der Waals surface area contributed by atoms with Gasteiger partial charge < -0.3 is 14.2 Å². The minimum absolute atomic E-state index is 0.157. The zero-order valence-electron chi connectivity index (χ0n) is 28.3.